The molecule has 114 valence electrons. The van der Waals surface area contributed by atoms with Gasteiger partial charge in [-0.15, -0.1) is 0 Å². The fourth-order valence-electron chi connectivity index (χ4n) is 3.26. The molecule has 0 spiro atoms. The van der Waals surface area contributed by atoms with Crippen LogP contribution in [0.1, 0.15) is 18.4 Å². The van der Waals surface area contributed by atoms with E-state index in [9.17, 15) is 4.79 Å². The Morgan fingerprint density at radius 2 is 1.95 bits per heavy atom. The first-order valence-corrected chi connectivity index (χ1v) is 7.82. The van der Waals surface area contributed by atoms with Gasteiger partial charge in [0.25, 0.3) is 0 Å². The quantitative estimate of drug-likeness (QED) is 0.794. The average Bonchev–Trinajstić information content (AvgIpc) is 3.33. The van der Waals surface area contributed by atoms with Crippen molar-refractivity contribution >= 4 is 11.7 Å². The molecule has 0 amide bonds. The highest BCUT2D eigenvalue weighted by molar-refractivity contribution is 5.76. The van der Waals surface area contributed by atoms with Crippen LogP contribution in [0.15, 0.2) is 24.3 Å². The topological polar surface area (TPSA) is 32.8 Å². The predicted molar refractivity (Wildman–Crippen MR) is 83.5 cm³/mol. The first kappa shape index (κ1) is 14.4. The molecule has 1 unspecified atom stereocenters. The Morgan fingerprint density at radius 3 is 2.52 bits per heavy atom. The summed E-state index contributed by atoms with van der Waals surface area (Å²) in [5, 5.41) is 0. The summed E-state index contributed by atoms with van der Waals surface area (Å²) in [5.74, 6) is 0.462. The number of piperazine rings is 1. The fraction of sp³-hybridized carbons (Fsp3) is 0.588. The van der Waals surface area contributed by atoms with Crippen molar-refractivity contribution in [1.82, 2.24) is 4.90 Å². The standard InChI is InChI=1S/C17H24N2O2/c1-13-4-3-5-15(12-13)18-8-10-19(11-9-18)16(14-6-7-14)17(20)21-2/h3-5,12,14,16H,6-11H2,1-2H3. The van der Waals surface area contributed by atoms with Crippen LogP contribution in [0.5, 0.6) is 0 Å². The Bertz CT molecular complexity index is 505. The van der Waals surface area contributed by atoms with Crippen LogP contribution in [-0.2, 0) is 9.53 Å². The largest absolute Gasteiger partial charge is 0.468 e. The second-order valence-electron chi connectivity index (χ2n) is 6.17. The van der Waals surface area contributed by atoms with Gasteiger partial charge in [-0.2, -0.15) is 0 Å². The Kier molecular flexibility index (Phi) is 4.15. The first-order chi connectivity index (χ1) is 10.2. The molecule has 4 heteroatoms. The minimum Gasteiger partial charge on any atom is -0.468 e. The van der Waals surface area contributed by atoms with Crippen LogP contribution in [0.25, 0.3) is 0 Å². The normalized spacial score (nSPS) is 21.1. The summed E-state index contributed by atoms with van der Waals surface area (Å²) < 4.78 is 5.00. The third-order valence-corrected chi connectivity index (χ3v) is 4.59. The molecule has 1 aliphatic carbocycles. The molecule has 1 saturated heterocycles. The molecule has 0 aromatic heterocycles. The van der Waals surface area contributed by atoms with Crippen LogP contribution in [-0.4, -0.2) is 50.2 Å². The molecule has 1 heterocycles. The number of anilines is 1. The lowest BCUT2D eigenvalue weighted by molar-refractivity contribution is -0.148. The van der Waals surface area contributed by atoms with Crippen molar-refractivity contribution in [1.29, 1.82) is 0 Å². The smallest absolute Gasteiger partial charge is 0.323 e. The molecule has 1 aromatic rings. The van der Waals surface area contributed by atoms with E-state index in [1.807, 2.05) is 0 Å². The lowest BCUT2D eigenvalue weighted by Crippen LogP contribution is -2.53. The minimum absolute atomic E-state index is 0.0188. The number of methoxy groups -OCH3 is 1. The van der Waals surface area contributed by atoms with Crippen LogP contribution >= 0.6 is 0 Å². The number of hydrogen-bond acceptors (Lipinski definition) is 4. The van der Waals surface area contributed by atoms with Crippen molar-refractivity contribution < 1.29 is 9.53 Å². The van der Waals surface area contributed by atoms with Gasteiger partial charge in [0, 0.05) is 31.9 Å². The van der Waals surface area contributed by atoms with Crippen molar-refractivity contribution in [3.05, 3.63) is 29.8 Å². The van der Waals surface area contributed by atoms with E-state index < -0.39 is 0 Å². The summed E-state index contributed by atoms with van der Waals surface area (Å²) in [7, 11) is 1.50. The summed E-state index contributed by atoms with van der Waals surface area (Å²) in [6.07, 6.45) is 2.33. The molecule has 21 heavy (non-hydrogen) atoms. The van der Waals surface area contributed by atoms with Crippen LogP contribution < -0.4 is 4.90 Å². The van der Waals surface area contributed by atoms with E-state index in [2.05, 4.69) is 41.0 Å². The molecule has 1 aliphatic heterocycles. The molecule has 2 fully saturated rings. The van der Waals surface area contributed by atoms with Gasteiger partial charge in [-0.05, 0) is 43.4 Å². The molecule has 1 aromatic carbocycles. The number of hydrogen-bond donors (Lipinski definition) is 0. The number of nitrogens with zero attached hydrogens (tertiary/aromatic N) is 2. The van der Waals surface area contributed by atoms with Crippen molar-refractivity contribution in [2.75, 3.05) is 38.2 Å². The van der Waals surface area contributed by atoms with Crippen LogP contribution in [0.4, 0.5) is 5.69 Å². The second-order valence-corrected chi connectivity index (χ2v) is 6.17. The highest BCUT2D eigenvalue weighted by Gasteiger charge is 2.41. The van der Waals surface area contributed by atoms with Crippen LogP contribution in [0.3, 0.4) is 0 Å². The van der Waals surface area contributed by atoms with Gasteiger partial charge in [0.05, 0.1) is 7.11 Å². The summed E-state index contributed by atoms with van der Waals surface area (Å²) in [4.78, 5) is 16.7. The van der Waals surface area contributed by atoms with Gasteiger partial charge in [-0.1, -0.05) is 12.1 Å². The van der Waals surface area contributed by atoms with Crippen molar-refractivity contribution in [2.45, 2.75) is 25.8 Å². The zero-order chi connectivity index (χ0) is 14.8. The Hall–Kier alpha value is -1.55. The lowest BCUT2D eigenvalue weighted by Gasteiger charge is -2.39. The monoisotopic (exact) mass is 288 g/mol. The maximum Gasteiger partial charge on any atom is 0.323 e. The molecule has 1 atom stereocenters. The molecular weight excluding hydrogens is 264 g/mol. The Morgan fingerprint density at radius 1 is 1.24 bits per heavy atom. The molecule has 4 nitrogen and oxygen atoms in total. The lowest BCUT2D eigenvalue weighted by atomic mass is 10.1. The van der Waals surface area contributed by atoms with Gasteiger partial charge in [0.1, 0.15) is 6.04 Å². The SMILES string of the molecule is COC(=O)C(C1CC1)N1CCN(c2cccc(C)c2)CC1. The second kappa shape index (κ2) is 6.06. The highest BCUT2D eigenvalue weighted by atomic mass is 16.5. The molecule has 1 saturated carbocycles. The van der Waals surface area contributed by atoms with E-state index in [0.717, 1.165) is 39.0 Å². The Balaban J connectivity index is 1.63. The average molecular weight is 288 g/mol. The maximum atomic E-state index is 12.0. The molecular formula is C17H24N2O2. The van der Waals surface area contributed by atoms with Gasteiger partial charge in [-0.25, -0.2) is 0 Å². The zero-order valence-electron chi connectivity index (χ0n) is 12.9. The van der Waals surface area contributed by atoms with Gasteiger partial charge < -0.3 is 9.64 Å². The summed E-state index contributed by atoms with van der Waals surface area (Å²) in [6, 6.07) is 8.61. The van der Waals surface area contributed by atoms with E-state index in [4.69, 9.17) is 4.74 Å². The summed E-state index contributed by atoms with van der Waals surface area (Å²) in [6.45, 7) is 5.95. The van der Waals surface area contributed by atoms with E-state index in [1.54, 1.807) is 0 Å². The predicted octanol–water partition coefficient (Wildman–Crippen LogP) is 2.07. The molecule has 0 radical (unpaired) electrons. The number of carbonyl (C=O) groups is 1. The van der Waals surface area contributed by atoms with Gasteiger partial charge in [0.2, 0.25) is 0 Å². The molecule has 3 rings (SSSR count). The number of esters is 1. The molecule has 0 bridgehead atoms. The number of aryl methyl sites for hydroxylation is 1. The van der Waals surface area contributed by atoms with Crippen LogP contribution in [0.2, 0.25) is 0 Å². The van der Waals surface area contributed by atoms with E-state index in [0.29, 0.717) is 5.92 Å². The van der Waals surface area contributed by atoms with Gasteiger partial charge in [0.15, 0.2) is 0 Å². The van der Waals surface area contributed by atoms with Gasteiger partial charge >= 0.3 is 5.97 Å². The number of rotatable bonds is 4. The molecule has 2 aliphatic rings. The number of ether oxygens (including phenoxy) is 1. The van der Waals surface area contributed by atoms with Gasteiger partial charge in [-0.3, -0.25) is 9.69 Å². The summed E-state index contributed by atoms with van der Waals surface area (Å²) in [5.41, 5.74) is 2.58. The number of carbonyl (C=O) groups excluding carboxylic acids is 1. The van der Waals surface area contributed by atoms with Crippen LogP contribution in [0, 0.1) is 12.8 Å². The third kappa shape index (κ3) is 3.21. The first-order valence-electron chi connectivity index (χ1n) is 7.82. The van der Waals surface area contributed by atoms with Crippen molar-refractivity contribution in [2.24, 2.45) is 5.92 Å². The van der Waals surface area contributed by atoms with Crippen molar-refractivity contribution in [3.8, 4) is 0 Å². The minimum atomic E-state index is -0.0542. The van der Waals surface area contributed by atoms with E-state index in [-0.39, 0.29) is 12.0 Å². The molecule has 0 N–H and O–H groups in total. The fourth-order valence-corrected chi connectivity index (χ4v) is 3.26. The van der Waals surface area contributed by atoms with E-state index >= 15 is 0 Å². The third-order valence-electron chi connectivity index (χ3n) is 4.59. The number of benzene rings is 1. The maximum absolute atomic E-state index is 12.0. The zero-order valence-corrected chi connectivity index (χ0v) is 12.9. The van der Waals surface area contributed by atoms with E-state index in [1.165, 1.54) is 18.4 Å². The highest BCUT2D eigenvalue weighted by Crippen LogP contribution is 2.36. The van der Waals surface area contributed by atoms with Crippen molar-refractivity contribution in [3.63, 3.8) is 0 Å². The Labute approximate surface area is 126 Å². The summed E-state index contributed by atoms with van der Waals surface area (Å²) >= 11 is 0.